The van der Waals surface area contributed by atoms with Gasteiger partial charge in [0.05, 0.1) is 112 Å². The summed E-state index contributed by atoms with van der Waals surface area (Å²) in [6, 6.07) is 0. The monoisotopic (exact) mass is 1010 g/mol. The van der Waals surface area contributed by atoms with Gasteiger partial charge in [0.2, 0.25) is 6.33 Å². The molecule has 8 aromatic rings. The van der Waals surface area contributed by atoms with Crippen molar-refractivity contribution >= 4 is 0 Å². The highest BCUT2D eigenvalue weighted by molar-refractivity contribution is 5.05. The van der Waals surface area contributed by atoms with E-state index < -0.39 is 0 Å². The van der Waals surface area contributed by atoms with E-state index in [9.17, 15) is 0 Å². The van der Waals surface area contributed by atoms with Crippen LogP contribution in [0, 0.1) is 69.2 Å². The molecule has 16 heteroatoms. The number of hydrogen-bond donors (Lipinski definition) is 0. The standard InChI is InChI=1S/3C8H15N2.3C7H13N2.2C6H11N2/c1-6-7(2)10(5)8(3)9(6)4;1-5-8-6-9(3)7(2)10(8)4;1-5-8-9(3)6-7(2)10(8)4;1-6-5-8(3)7(2)9(6)4;1-4-7-8(2)5-6-9(7)3;1-4-9-6-5-8(3)7(9)2;1-6-4-7(2)5-8(6)3;1-6-7(2)4-5-8(6)3/h1-5H3;2*6H,5H2,1-4H3;5H,1-4H3;2*5-6H,4H2,1-3H3;2*4-5H,1-3H3/q8*+1. The Morgan fingerprint density at radius 1 is 0.384 bits per heavy atom. The fourth-order valence-corrected chi connectivity index (χ4v) is 8.19. The molecule has 0 unspecified atom stereocenters. The van der Waals surface area contributed by atoms with Gasteiger partial charge in [-0.05, 0) is 6.92 Å². The van der Waals surface area contributed by atoms with Gasteiger partial charge in [0.1, 0.15) is 96.1 Å². The lowest BCUT2D eigenvalue weighted by Crippen LogP contribution is -2.32. The van der Waals surface area contributed by atoms with Crippen molar-refractivity contribution in [2.45, 2.75) is 123 Å². The van der Waals surface area contributed by atoms with Crippen LogP contribution >= 0.6 is 0 Å². The highest BCUT2D eigenvalue weighted by Crippen LogP contribution is 2.03. The zero-order valence-corrected chi connectivity index (χ0v) is 51.8. The van der Waals surface area contributed by atoms with Gasteiger partial charge < -0.3 is 0 Å². The van der Waals surface area contributed by atoms with Gasteiger partial charge in [-0.15, -0.1) is 0 Å². The quantitative estimate of drug-likeness (QED) is 0.239. The number of nitrogens with zero attached hydrogens (tertiary/aromatic N) is 16. The summed E-state index contributed by atoms with van der Waals surface area (Å²) in [7, 11) is 31.0. The zero-order chi connectivity index (χ0) is 56.3. The van der Waals surface area contributed by atoms with E-state index in [-0.39, 0.29) is 0 Å². The largest absolute Gasteiger partial charge is 0.255 e. The molecule has 0 aliphatic heterocycles. The van der Waals surface area contributed by atoms with Crippen LogP contribution in [0.4, 0.5) is 0 Å². The molecule has 0 fully saturated rings. The molecule has 8 heterocycles. The Hall–Kier alpha value is -6.32. The lowest BCUT2D eigenvalue weighted by atomic mass is 10.4. The first-order valence-electron chi connectivity index (χ1n) is 25.9. The molecule has 0 saturated heterocycles. The topological polar surface area (TPSA) is 70.5 Å². The Bertz CT molecular complexity index is 2740. The second-order valence-corrected chi connectivity index (χ2v) is 19.5. The predicted molar refractivity (Wildman–Crippen MR) is 293 cm³/mol. The minimum absolute atomic E-state index is 1.06. The Morgan fingerprint density at radius 2 is 0.863 bits per heavy atom. The summed E-state index contributed by atoms with van der Waals surface area (Å²) in [5.74, 6) is 9.19. The highest BCUT2D eigenvalue weighted by Gasteiger charge is 2.16. The SMILES string of the molecule is CCc1c[n+](C)c(C)n1C.CCc1n(C)c(C)c[n+]1C.CCc1n(C)cc[n+]1C.CCn1cc[n+](C)c1C.Cc1c(C)[n+](C)c(C)n1C.Cc1c[n+](C)c(C)n1C.Cc1c[n+](C)cn1C.Cc1n(C)cc[n+]1C. The fourth-order valence-electron chi connectivity index (χ4n) is 8.19. The van der Waals surface area contributed by atoms with Crippen LogP contribution in [0.15, 0.2) is 68.3 Å². The lowest BCUT2D eigenvalue weighted by molar-refractivity contribution is -0.683. The maximum atomic E-state index is 2.22. The van der Waals surface area contributed by atoms with Crippen molar-refractivity contribution in [1.29, 1.82) is 0 Å². The van der Waals surface area contributed by atoms with Gasteiger partial charge in [-0.2, -0.15) is 0 Å². The second kappa shape index (κ2) is 30.0. The van der Waals surface area contributed by atoms with Gasteiger partial charge in [-0.25, -0.2) is 73.1 Å². The lowest BCUT2D eigenvalue weighted by Gasteiger charge is -1.91. The molecule has 0 atom stereocenters. The van der Waals surface area contributed by atoms with Crippen LogP contribution in [0.1, 0.15) is 103 Å². The summed E-state index contributed by atoms with van der Waals surface area (Å²) in [5.41, 5.74) is 7.99. The van der Waals surface area contributed by atoms with Crippen molar-refractivity contribution in [2.24, 2.45) is 106 Å². The normalized spacial score (nSPS) is 10.2. The third-order valence-corrected chi connectivity index (χ3v) is 14.8. The molecule has 406 valence electrons. The molecule has 73 heavy (non-hydrogen) atoms. The van der Waals surface area contributed by atoms with Gasteiger partial charge >= 0.3 is 0 Å². The summed E-state index contributed by atoms with van der Waals surface area (Å²) in [6.45, 7) is 30.9. The molecule has 0 aromatic carbocycles. The smallest absolute Gasteiger partial charge is 0.239 e. The van der Waals surface area contributed by atoms with Crippen LogP contribution in [-0.2, 0) is 132 Å². The van der Waals surface area contributed by atoms with Gasteiger partial charge in [-0.1, -0.05) is 20.8 Å². The van der Waals surface area contributed by atoms with Crippen molar-refractivity contribution < 1.29 is 36.5 Å². The molecular formula is C57H106N16+8. The predicted octanol–water partition coefficient (Wildman–Crippen LogP) is 4.05. The average molecular weight is 1020 g/mol. The number of rotatable bonds is 4. The summed E-state index contributed by atoms with van der Waals surface area (Å²) in [4.78, 5) is 0. The van der Waals surface area contributed by atoms with Crippen LogP contribution in [0.2, 0.25) is 0 Å². The number of imidazole rings is 8. The van der Waals surface area contributed by atoms with Crippen LogP contribution < -0.4 is 36.5 Å². The molecule has 0 bridgehead atoms. The molecule has 0 aliphatic rings. The van der Waals surface area contributed by atoms with Crippen LogP contribution in [0.3, 0.4) is 0 Å². The summed E-state index contributed by atoms with van der Waals surface area (Å²) in [6.07, 6.45) is 26.2. The first-order chi connectivity index (χ1) is 33.9. The third-order valence-electron chi connectivity index (χ3n) is 14.8. The van der Waals surface area contributed by atoms with Crippen LogP contribution in [0.25, 0.3) is 0 Å². The molecule has 0 amide bonds. The van der Waals surface area contributed by atoms with E-state index in [0.29, 0.717) is 0 Å². The minimum Gasteiger partial charge on any atom is -0.239 e. The van der Waals surface area contributed by atoms with E-state index in [4.69, 9.17) is 0 Å². The van der Waals surface area contributed by atoms with E-state index in [1.54, 1.807) is 0 Å². The Morgan fingerprint density at radius 3 is 1.03 bits per heavy atom. The molecule has 0 aliphatic carbocycles. The van der Waals surface area contributed by atoms with Crippen molar-refractivity contribution in [3.63, 3.8) is 0 Å². The number of aromatic nitrogens is 16. The molecule has 0 N–H and O–H groups in total. The molecule has 16 nitrogen and oxygen atoms in total. The van der Waals surface area contributed by atoms with Crippen molar-refractivity contribution in [1.82, 2.24) is 36.5 Å². The van der Waals surface area contributed by atoms with Crippen molar-refractivity contribution in [3.8, 4) is 0 Å². The molecule has 0 radical (unpaired) electrons. The first kappa shape index (κ1) is 64.7. The molecular weight excluding hydrogens is 909 g/mol. The van der Waals surface area contributed by atoms with Crippen LogP contribution in [-0.4, -0.2) is 36.5 Å². The Labute approximate surface area is 443 Å². The number of aryl methyl sites for hydroxylation is 15. The Kier molecular flexibility index (Phi) is 26.6. The van der Waals surface area contributed by atoms with E-state index in [2.05, 4.69) is 293 Å². The summed E-state index contributed by atoms with van der Waals surface area (Å²) >= 11 is 0. The van der Waals surface area contributed by atoms with Crippen LogP contribution in [0.5, 0.6) is 0 Å². The molecule has 8 aromatic heterocycles. The van der Waals surface area contributed by atoms with E-state index in [1.807, 2.05) is 51.5 Å². The minimum atomic E-state index is 1.06. The van der Waals surface area contributed by atoms with Gasteiger partial charge in [0.25, 0.3) is 40.8 Å². The van der Waals surface area contributed by atoms with Gasteiger partial charge in [-0.3, -0.25) is 0 Å². The second-order valence-electron chi connectivity index (χ2n) is 19.5. The zero-order valence-electron chi connectivity index (χ0n) is 51.8. The molecule has 0 spiro atoms. The maximum Gasteiger partial charge on any atom is 0.255 e. The fraction of sp³-hybridized carbons (Fsp3) is 0.579. The first-order valence-corrected chi connectivity index (χ1v) is 25.9. The van der Waals surface area contributed by atoms with E-state index in [0.717, 1.165) is 25.8 Å². The average Bonchev–Trinajstić information content (AvgIpc) is 4.21. The molecule has 8 rings (SSSR count). The summed E-state index contributed by atoms with van der Waals surface area (Å²) < 4.78 is 34.4. The molecule has 0 saturated carbocycles. The van der Waals surface area contributed by atoms with Gasteiger partial charge in [0, 0.05) is 88.5 Å². The van der Waals surface area contributed by atoms with E-state index >= 15 is 0 Å². The summed E-state index contributed by atoms with van der Waals surface area (Å²) in [5, 5.41) is 0. The third kappa shape index (κ3) is 18.3. The van der Waals surface area contributed by atoms with Gasteiger partial charge in [0.15, 0.2) is 0 Å². The van der Waals surface area contributed by atoms with Crippen molar-refractivity contribution in [3.05, 3.63) is 143 Å². The Balaban J connectivity index is 0.000000418. The van der Waals surface area contributed by atoms with E-state index in [1.165, 1.54) is 74.9 Å². The maximum absolute atomic E-state index is 2.22. The number of hydrogen-bond acceptors (Lipinski definition) is 0. The highest BCUT2D eigenvalue weighted by atomic mass is 15.2. The van der Waals surface area contributed by atoms with Crippen molar-refractivity contribution in [2.75, 3.05) is 0 Å².